The van der Waals surface area contributed by atoms with Crippen molar-refractivity contribution in [1.29, 1.82) is 0 Å². The number of nitrogens with one attached hydrogen (secondary N) is 1. The molecule has 2 saturated heterocycles. The molecule has 5 rings (SSSR count). The van der Waals surface area contributed by atoms with Gasteiger partial charge in [-0.3, -0.25) is 9.89 Å². The smallest absolute Gasteiger partial charge is 0.275 e. The number of rotatable bonds is 1. The van der Waals surface area contributed by atoms with E-state index in [9.17, 15) is 4.79 Å². The molecule has 2 atom stereocenters. The normalized spacial score (nSPS) is 32.2. The number of aromatic amines is 1. The summed E-state index contributed by atoms with van der Waals surface area (Å²) in [5.74, 6) is 0.125. The second-order valence-electron chi connectivity index (χ2n) is 8.39. The molecule has 136 valence electrons. The fourth-order valence-electron chi connectivity index (χ4n) is 5.73. The number of carbonyl (C=O) groups excluding carboxylic acids is 1. The van der Waals surface area contributed by atoms with Gasteiger partial charge in [-0.2, -0.15) is 5.10 Å². The highest BCUT2D eigenvalue weighted by atomic mass is 16.5. The van der Waals surface area contributed by atoms with Gasteiger partial charge in [0.25, 0.3) is 5.91 Å². The van der Waals surface area contributed by atoms with Crippen molar-refractivity contribution in [3.05, 3.63) is 17.0 Å². The maximum Gasteiger partial charge on any atom is 0.275 e. The van der Waals surface area contributed by atoms with Gasteiger partial charge in [0, 0.05) is 37.3 Å². The summed E-state index contributed by atoms with van der Waals surface area (Å²) in [6.07, 6.45) is 6.45. The lowest BCUT2D eigenvalue weighted by Gasteiger charge is -2.41. The van der Waals surface area contributed by atoms with Gasteiger partial charge in [-0.1, -0.05) is 0 Å². The summed E-state index contributed by atoms with van der Waals surface area (Å²) in [7, 11) is 0. The van der Waals surface area contributed by atoms with Gasteiger partial charge in [0.2, 0.25) is 0 Å². The Morgan fingerprint density at radius 3 is 2.68 bits per heavy atom. The first-order valence-electron chi connectivity index (χ1n) is 9.69. The topological polar surface area (TPSA) is 67.5 Å². The lowest BCUT2D eigenvalue weighted by atomic mass is 9.72. The van der Waals surface area contributed by atoms with E-state index >= 15 is 0 Å². The van der Waals surface area contributed by atoms with Crippen LogP contribution in [0.2, 0.25) is 0 Å². The number of amides is 1. The van der Waals surface area contributed by atoms with E-state index < -0.39 is 0 Å². The molecule has 0 unspecified atom stereocenters. The first kappa shape index (κ1) is 15.8. The summed E-state index contributed by atoms with van der Waals surface area (Å²) in [5.41, 5.74) is 3.03. The first-order valence-corrected chi connectivity index (χ1v) is 9.69. The van der Waals surface area contributed by atoms with Gasteiger partial charge in [-0.05, 0) is 51.4 Å². The zero-order valence-electron chi connectivity index (χ0n) is 15.1. The quantitative estimate of drug-likeness (QED) is 0.849. The van der Waals surface area contributed by atoms with E-state index in [4.69, 9.17) is 9.47 Å². The summed E-state index contributed by atoms with van der Waals surface area (Å²) in [6, 6.07) is 0. The number of fused-ring (bicyclic) bond motifs is 2. The third-order valence-electron chi connectivity index (χ3n) is 7.17. The Morgan fingerprint density at radius 1 is 1.20 bits per heavy atom. The van der Waals surface area contributed by atoms with E-state index in [0.29, 0.717) is 5.69 Å². The molecular weight excluding hydrogens is 318 g/mol. The molecule has 1 saturated carbocycles. The number of nitrogens with zero attached hydrogens (tertiary/aromatic N) is 2. The molecule has 2 spiro atoms. The van der Waals surface area contributed by atoms with Gasteiger partial charge in [-0.25, -0.2) is 0 Å². The molecule has 25 heavy (non-hydrogen) atoms. The monoisotopic (exact) mass is 345 g/mol. The number of hydrogen-bond donors (Lipinski definition) is 1. The van der Waals surface area contributed by atoms with E-state index in [0.717, 1.165) is 69.5 Å². The van der Waals surface area contributed by atoms with Gasteiger partial charge in [0.05, 0.1) is 17.9 Å². The Labute approximate surface area is 148 Å². The standard InChI is InChI=1S/C19H27N3O3/c1-12-11-14-15(13(2)25-12)20-21-16(14)17(23)22-8-5-18(19(22)3-4-19)6-9-24-10-7-18/h12-13H,3-11H2,1-2H3,(H,20,21)/t12-,13+/m1/s1. The Bertz CT molecular complexity index is 703. The molecule has 3 aliphatic heterocycles. The van der Waals surface area contributed by atoms with Crippen molar-refractivity contribution in [3.8, 4) is 0 Å². The molecule has 1 N–H and O–H groups in total. The Morgan fingerprint density at radius 2 is 1.96 bits per heavy atom. The van der Waals surface area contributed by atoms with Crippen LogP contribution in [0.3, 0.4) is 0 Å². The molecule has 4 aliphatic rings. The highest BCUT2D eigenvalue weighted by molar-refractivity contribution is 5.95. The van der Waals surface area contributed by atoms with Crippen LogP contribution in [0.5, 0.6) is 0 Å². The van der Waals surface area contributed by atoms with Crippen LogP contribution < -0.4 is 0 Å². The van der Waals surface area contributed by atoms with Crippen molar-refractivity contribution in [2.24, 2.45) is 5.41 Å². The van der Waals surface area contributed by atoms with Gasteiger partial charge in [0.1, 0.15) is 0 Å². The summed E-state index contributed by atoms with van der Waals surface area (Å²) in [5, 5.41) is 7.51. The molecule has 4 heterocycles. The van der Waals surface area contributed by atoms with Crippen LogP contribution in [-0.4, -0.2) is 52.4 Å². The second kappa shape index (κ2) is 5.30. The molecule has 1 aromatic rings. The molecule has 3 fully saturated rings. The van der Waals surface area contributed by atoms with Crippen molar-refractivity contribution >= 4 is 5.91 Å². The van der Waals surface area contributed by atoms with Crippen LogP contribution in [0.25, 0.3) is 0 Å². The summed E-state index contributed by atoms with van der Waals surface area (Å²) < 4.78 is 11.5. The SMILES string of the molecule is C[C@@H]1Cc2c(C(=O)N3CCC4(CCOCC4)C34CC4)n[nH]c2[C@H](C)O1. The van der Waals surface area contributed by atoms with Crippen LogP contribution in [0.1, 0.15) is 73.8 Å². The predicted octanol–water partition coefficient (Wildman–Crippen LogP) is 2.61. The van der Waals surface area contributed by atoms with E-state index in [1.54, 1.807) is 0 Å². The van der Waals surface area contributed by atoms with E-state index in [2.05, 4.69) is 22.0 Å². The zero-order chi connectivity index (χ0) is 17.2. The number of ether oxygens (including phenoxy) is 2. The molecule has 1 aliphatic carbocycles. The van der Waals surface area contributed by atoms with Crippen LogP contribution in [-0.2, 0) is 15.9 Å². The van der Waals surface area contributed by atoms with Gasteiger partial charge < -0.3 is 14.4 Å². The van der Waals surface area contributed by atoms with E-state index in [1.807, 2.05) is 6.92 Å². The second-order valence-corrected chi connectivity index (χ2v) is 8.39. The Kier molecular flexibility index (Phi) is 3.36. The fraction of sp³-hybridized carbons (Fsp3) is 0.789. The highest BCUT2D eigenvalue weighted by Gasteiger charge is 2.67. The summed E-state index contributed by atoms with van der Waals surface area (Å²) in [6.45, 7) is 6.64. The lowest BCUT2D eigenvalue weighted by molar-refractivity contribution is -0.0121. The van der Waals surface area contributed by atoms with E-state index in [1.165, 1.54) is 0 Å². The third-order valence-corrected chi connectivity index (χ3v) is 7.17. The molecule has 1 amide bonds. The van der Waals surface area contributed by atoms with Crippen molar-refractivity contribution in [1.82, 2.24) is 15.1 Å². The number of aromatic nitrogens is 2. The average molecular weight is 345 g/mol. The van der Waals surface area contributed by atoms with E-state index in [-0.39, 0.29) is 29.1 Å². The third kappa shape index (κ3) is 2.10. The zero-order valence-corrected chi connectivity index (χ0v) is 15.1. The fourth-order valence-corrected chi connectivity index (χ4v) is 5.73. The maximum atomic E-state index is 13.4. The van der Waals surface area contributed by atoms with Crippen molar-refractivity contribution in [2.45, 2.75) is 70.1 Å². The molecule has 1 aromatic heterocycles. The van der Waals surface area contributed by atoms with Crippen molar-refractivity contribution < 1.29 is 14.3 Å². The Hall–Kier alpha value is -1.40. The minimum Gasteiger partial charge on any atom is -0.381 e. The van der Waals surface area contributed by atoms with Crippen molar-refractivity contribution in [3.63, 3.8) is 0 Å². The van der Waals surface area contributed by atoms with Crippen LogP contribution >= 0.6 is 0 Å². The largest absolute Gasteiger partial charge is 0.381 e. The van der Waals surface area contributed by atoms with Gasteiger partial charge in [0.15, 0.2) is 5.69 Å². The summed E-state index contributed by atoms with van der Waals surface area (Å²) in [4.78, 5) is 15.6. The maximum absolute atomic E-state index is 13.4. The highest BCUT2D eigenvalue weighted by Crippen LogP contribution is 2.64. The Balaban J connectivity index is 1.47. The van der Waals surface area contributed by atoms with Crippen LogP contribution in [0.4, 0.5) is 0 Å². The molecule has 0 bridgehead atoms. The van der Waals surface area contributed by atoms with Crippen LogP contribution in [0.15, 0.2) is 0 Å². The van der Waals surface area contributed by atoms with Gasteiger partial charge in [-0.15, -0.1) is 0 Å². The van der Waals surface area contributed by atoms with Crippen molar-refractivity contribution in [2.75, 3.05) is 19.8 Å². The molecule has 6 nitrogen and oxygen atoms in total. The number of hydrogen-bond acceptors (Lipinski definition) is 4. The minimum atomic E-state index is -0.0249. The number of carbonyl (C=O) groups is 1. The van der Waals surface area contributed by atoms with Gasteiger partial charge >= 0.3 is 0 Å². The minimum absolute atomic E-state index is 0.0249. The van der Waals surface area contributed by atoms with Crippen LogP contribution in [0, 0.1) is 5.41 Å². The summed E-state index contributed by atoms with van der Waals surface area (Å²) >= 11 is 0. The lowest BCUT2D eigenvalue weighted by Crippen LogP contribution is -2.47. The average Bonchev–Trinajstić information content (AvgIpc) is 3.20. The molecular formula is C19H27N3O3. The molecule has 6 heteroatoms. The first-order chi connectivity index (χ1) is 12.1. The predicted molar refractivity (Wildman–Crippen MR) is 91.4 cm³/mol. The molecule has 0 aromatic carbocycles. The number of likely N-dealkylation sites (tertiary alicyclic amines) is 1. The number of H-pyrrole nitrogens is 1. The molecule has 0 radical (unpaired) electrons.